The maximum atomic E-state index is 12.6. The predicted octanol–water partition coefficient (Wildman–Crippen LogP) is 3.73. The Morgan fingerprint density at radius 2 is 1.12 bits per heavy atom. The van der Waals surface area contributed by atoms with Crippen LogP contribution in [0.2, 0.25) is 0 Å². The average molecular weight is 294 g/mol. The van der Waals surface area contributed by atoms with Crippen LogP contribution in [0.4, 0.5) is 35.1 Å². The quantitative estimate of drug-likeness (QED) is 0.560. The van der Waals surface area contributed by atoms with E-state index in [1.54, 1.807) is 0 Å². The minimum Gasteiger partial charge on any atom is -0.200 e. The molecule has 0 radical (unpaired) electrons. The Kier molecular flexibility index (Phi) is 4.47. The van der Waals surface area contributed by atoms with Crippen LogP contribution in [0.1, 0.15) is 6.42 Å². The summed E-state index contributed by atoms with van der Waals surface area (Å²) in [4.78, 5) is 0. The highest BCUT2D eigenvalue weighted by Gasteiger charge is 2.79. The van der Waals surface area contributed by atoms with E-state index in [-0.39, 0.29) is 0 Å². The van der Waals surface area contributed by atoms with Gasteiger partial charge in [0, 0.05) is 6.42 Å². The van der Waals surface area contributed by atoms with Gasteiger partial charge in [0.2, 0.25) is 0 Å². The molecule has 0 heterocycles. The van der Waals surface area contributed by atoms with Crippen molar-refractivity contribution in [2.45, 2.75) is 29.4 Å². The molecule has 0 aliphatic rings. The van der Waals surface area contributed by atoms with Crippen LogP contribution in [0.3, 0.4) is 0 Å². The Balaban J connectivity index is 5.34. The van der Waals surface area contributed by atoms with E-state index < -0.39 is 35.2 Å². The second-order valence-electron chi connectivity index (χ2n) is 2.87. The molecule has 0 N–H and O–H groups in total. The molecule has 0 atom stereocenters. The fraction of sp³-hybridized carbons (Fsp3) is 1.00. The van der Waals surface area contributed by atoms with Crippen LogP contribution in [0.5, 0.6) is 0 Å². The maximum Gasteiger partial charge on any atom is 0.387 e. The first kappa shape index (κ1) is 16.1. The lowest BCUT2D eigenvalue weighted by atomic mass is 10.0. The molecule has 0 saturated carbocycles. The van der Waals surface area contributed by atoms with Crippen LogP contribution in [0, 0.1) is 0 Å². The molecule has 0 saturated heterocycles. The number of hydrogen-bond acceptors (Lipinski definition) is 2. The van der Waals surface area contributed by atoms with Gasteiger partial charge < -0.3 is 0 Å². The number of alkyl halides is 8. The van der Waals surface area contributed by atoms with Crippen molar-refractivity contribution in [3.8, 4) is 0 Å². The normalized spacial score (nSPS) is 15.4. The van der Waals surface area contributed by atoms with Crippen LogP contribution in [-0.2, 0) is 0 Å². The van der Waals surface area contributed by atoms with Gasteiger partial charge in [-0.05, 0) is 5.75 Å². The highest BCUT2D eigenvalue weighted by molar-refractivity contribution is 7.81. The fourth-order valence-electron chi connectivity index (χ4n) is 0.716. The van der Waals surface area contributed by atoms with Gasteiger partial charge in [-0.25, -0.2) is 0 Å². The van der Waals surface area contributed by atoms with Gasteiger partial charge in [-0.1, -0.05) is 12.6 Å². The summed E-state index contributed by atoms with van der Waals surface area (Å²) in [5.74, 6) is -18.6. The molecule has 0 aliphatic heterocycles. The van der Waals surface area contributed by atoms with Crippen molar-refractivity contribution in [3.63, 3.8) is 0 Å². The zero-order valence-corrected chi connectivity index (χ0v) is 9.12. The van der Waals surface area contributed by atoms with E-state index in [0.29, 0.717) is 0 Å². The van der Waals surface area contributed by atoms with Gasteiger partial charge in [-0.2, -0.15) is 47.8 Å². The monoisotopic (exact) mass is 294 g/mol. The first-order chi connectivity index (χ1) is 6.81. The van der Waals surface area contributed by atoms with Crippen molar-refractivity contribution in [2.75, 3.05) is 5.75 Å². The lowest BCUT2D eigenvalue weighted by molar-refractivity contribution is -0.345. The molecule has 0 aliphatic carbocycles. The third kappa shape index (κ3) is 2.52. The maximum absolute atomic E-state index is 12.6. The van der Waals surface area contributed by atoms with Gasteiger partial charge in [0.25, 0.3) is 0 Å². The molecular weight excluding hydrogens is 288 g/mol. The van der Waals surface area contributed by atoms with E-state index in [4.69, 9.17) is 0 Å². The van der Waals surface area contributed by atoms with Crippen molar-refractivity contribution < 1.29 is 35.1 Å². The van der Waals surface area contributed by atoms with Crippen LogP contribution in [0.25, 0.3) is 0 Å². The van der Waals surface area contributed by atoms with E-state index in [9.17, 15) is 35.1 Å². The Labute approximate surface area is 96.2 Å². The van der Waals surface area contributed by atoms with Crippen molar-refractivity contribution in [2.24, 2.45) is 0 Å². The smallest absolute Gasteiger partial charge is 0.200 e. The summed E-state index contributed by atoms with van der Waals surface area (Å²) in [6, 6.07) is 0. The van der Waals surface area contributed by atoms with Crippen LogP contribution < -0.4 is 0 Å². The number of halogens is 8. The third-order valence-corrected chi connectivity index (χ3v) is 2.16. The zero-order chi connectivity index (χ0) is 13.4. The highest BCUT2D eigenvalue weighted by Crippen LogP contribution is 2.54. The first-order valence-corrected chi connectivity index (χ1v) is 4.73. The Hall–Kier alpha value is 0.140. The van der Waals surface area contributed by atoms with Gasteiger partial charge in [0.05, 0.1) is 0 Å². The number of hydrogen-bond donors (Lipinski definition) is 2. The predicted molar refractivity (Wildman–Crippen MR) is 47.2 cm³/mol. The van der Waals surface area contributed by atoms with E-state index >= 15 is 0 Å². The fourth-order valence-corrected chi connectivity index (χ4v) is 1.14. The van der Waals surface area contributed by atoms with Crippen molar-refractivity contribution in [1.29, 1.82) is 0 Å². The van der Waals surface area contributed by atoms with E-state index in [0.717, 1.165) is 0 Å². The third-order valence-electron chi connectivity index (χ3n) is 1.66. The van der Waals surface area contributed by atoms with Gasteiger partial charge in [0.1, 0.15) is 0 Å². The lowest BCUT2D eigenvalue weighted by Gasteiger charge is -2.34. The first-order valence-electron chi connectivity index (χ1n) is 3.66. The van der Waals surface area contributed by atoms with Crippen molar-refractivity contribution in [3.05, 3.63) is 0 Å². The molecule has 0 nitrogen and oxygen atoms in total. The number of rotatable bonds is 5. The topological polar surface area (TPSA) is 0 Å². The summed E-state index contributed by atoms with van der Waals surface area (Å²) < 4.78 is 99.4. The van der Waals surface area contributed by atoms with E-state index in [1.165, 1.54) is 0 Å². The van der Waals surface area contributed by atoms with Gasteiger partial charge in [-0.15, -0.1) is 0 Å². The van der Waals surface area contributed by atoms with Crippen molar-refractivity contribution >= 4 is 25.3 Å². The Morgan fingerprint density at radius 3 is 1.38 bits per heavy atom. The standard InChI is InChI=1S/C6H6F8S2/c7-3(8,1-2-15)4(9,10)5(11,12)6(13,14)16/h15-16H,1-2H2. The molecule has 98 valence electrons. The molecule has 0 aromatic carbocycles. The van der Waals surface area contributed by atoms with Crippen molar-refractivity contribution in [1.82, 2.24) is 0 Å². The van der Waals surface area contributed by atoms with Crippen LogP contribution in [-0.4, -0.2) is 28.8 Å². The zero-order valence-electron chi connectivity index (χ0n) is 7.33. The summed E-state index contributed by atoms with van der Waals surface area (Å²) in [6.45, 7) is 0. The SMILES string of the molecule is FC(F)(S)C(F)(F)C(F)(F)C(F)(F)CCS. The molecular formula is C6H6F8S2. The Morgan fingerprint density at radius 1 is 0.750 bits per heavy atom. The second-order valence-corrected chi connectivity index (χ2v) is 3.88. The molecule has 0 amide bonds. The van der Waals surface area contributed by atoms with Gasteiger partial charge in [0.15, 0.2) is 0 Å². The molecule has 0 rings (SSSR count). The summed E-state index contributed by atoms with van der Waals surface area (Å²) in [5, 5.41) is -5.56. The van der Waals surface area contributed by atoms with Gasteiger partial charge >= 0.3 is 23.0 Å². The molecule has 0 fully saturated rings. The van der Waals surface area contributed by atoms with E-state index in [2.05, 4.69) is 12.6 Å². The minimum absolute atomic E-state index is 0.864. The summed E-state index contributed by atoms with van der Waals surface area (Å²) >= 11 is 5.06. The minimum atomic E-state index is -6.27. The van der Waals surface area contributed by atoms with Crippen LogP contribution in [0.15, 0.2) is 0 Å². The highest BCUT2D eigenvalue weighted by atomic mass is 32.1. The summed E-state index contributed by atoms with van der Waals surface area (Å²) in [7, 11) is 0. The summed E-state index contributed by atoms with van der Waals surface area (Å²) in [5.41, 5.74) is 0. The molecule has 16 heavy (non-hydrogen) atoms. The largest absolute Gasteiger partial charge is 0.387 e. The Bertz CT molecular complexity index is 245. The lowest BCUT2D eigenvalue weighted by Crippen LogP contribution is -2.60. The molecule has 0 bridgehead atoms. The van der Waals surface area contributed by atoms with Gasteiger partial charge in [-0.3, -0.25) is 0 Å². The molecule has 0 aromatic heterocycles. The van der Waals surface area contributed by atoms with E-state index in [1.807, 2.05) is 12.6 Å². The molecule has 0 spiro atoms. The van der Waals surface area contributed by atoms with Crippen LogP contribution >= 0.6 is 25.3 Å². The number of thiol groups is 2. The summed E-state index contributed by atoms with van der Waals surface area (Å²) in [6.07, 6.45) is -1.76. The molecule has 0 aromatic rings. The molecule has 10 heteroatoms. The second kappa shape index (κ2) is 4.43. The molecule has 0 unspecified atom stereocenters. The average Bonchev–Trinajstić information content (AvgIpc) is 2.01.